The van der Waals surface area contributed by atoms with Gasteiger partial charge in [-0.3, -0.25) is 19.7 Å². The first-order valence-electron chi connectivity index (χ1n) is 9.79. The molecule has 0 atom stereocenters. The number of thioether (sulfide) groups is 1. The Morgan fingerprint density at radius 2 is 1.45 bits per heavy atom. The molecule has 0 aliphatic carbocycles. The third kappa shape index (κ3) is 6.83. The number of carbonyl (C=O) groups is 2. The van der Waals surface area contributed by atoms with E-state index in [1.165, 1.54) is 26.0 Å². The number of nitrogens with one attached hydrogen (secondary N) is 1. The summed E-state index contributed by atoms with van der Waals surface area (Å²) in [6.45, 7) is 2.84. The van der Waals surface area contributed by atoms with Crippen LogP contribution in [0, 0.1) is 33.8 Å². The molecule has 0 saturated heterocycles. The molecule has 0 saturated carbocycles. The van der Waals surface area contributed by atoms with Crippen LogP contribution in [0.15, 0.2) is 71.6 Å². The fourth-order valence-corrected chi connectivity index (χ4v) is 3.41. The molecular weight excluding hydrogens is 436 g/mol. The van der Waals surface area contributed by atoms with E-state index in [9.17, 15) is 19.7 Å². The number of rotatable bonds is 3. The highest BCUT2D eigenvalue weighted by molar-refractivity contribution is 8.13. The summed E-state index contributed by atoms with van der Waals surface area (Å²) in [5.41, 5.74) is 1.97. The van der Waals surface area contributed by atoms with E-state index in [0.29, 0.717) is 22.4 Å². The van der Waals surface area contributed by atoms with E-state index in [-0.39, 0.29) is 22.3 Å². The molecule has 3 aromatic carbocycles. The van der Waals surface area contributed by atoms with Crippen LogP contribution < -0.4 is 5.32 Å². The van der Waals surface area contributed by atoms with Crippen molar-refractivity contribution in [2.24, 2.45) is 0 Å². The highest BCUT2D eigenvalue weighted by Gasteiger charge is 2.17. The van der Waals surface area contributed by atoms with Gasteiger partial charge < -0.3 is 5.32 Å². The summed E-state index contributed by atoms with van der Waals surface area (Å²) in [7, 11) is 0. The first-order chi connectivity index (χ1) is 15.8. The fourth-order valence-electron chi connectivity index (χ4n) is 2.81. The molecule has 33 heavy (non-hydrogen) atoms. The lowest BCUT2D eigenvalue weighted by molar-refractivity contribution is -0.385. The van der Waals surface area contributed by atoms with Crippen LogP contribution in [0.3, 0.4) is 0 Å². The lowest BCUT2D eigenvalue weighted by atomic mass is 10.1. The zero-order valence-electron chi connectivity index (χ0n) is 17.8. The van der Waals surface area contributed by atoms with Crippen molar-refractivity contribution in [2.75, 3.05) is 5.32 Å². The van der Waals surface area contributed by atoms with Crippen LogP contribution in [0.2, 0.25) is 0 Å². The van der Waals surface area contributed by atoms with E-state index in [0.717, 1.165) is 16.7 Å². The van der Waals surface area contributed by atoms with Crippen LogP contribution in [-0.2, 0) is 9.59 Å². The number of carbonyl (C=O) groups excluding carboxylic acids is 2. The normalized spacial score (nSPS) is 9.64. The Morgan fingerprint density at radius 3 is 2.03 bits per heavy atom. The van der Waals surface area contributed by atoms with E-state index in [4.69, 9.17) is 0 Å². The molecule has 0 spiro atoms. The number of anilines is 1. The van der Waals surface area contributed by atoms with Crippen molar-refractivity contribution in [2.45, 2.75) is 18.7 Å². The highest BCUT2D eigenvalue weighted by atomic mass is 32.2. The third-order valence-electron chi connectivity index (χ3n) is 4.22. The molecule has 0 bridgehead atoms. The Kier molecular flexibility index (Phi) is 7.64. The molecule has 7 heteroatoms. The van der Waals surface area contributed by atoms with Crippen molar-refractivity contribution in [3.05, 3.63) is 99.1 Å². The van der Waals surface area contributed by atoms with Gasteiger partial charge in [0.2, 0.25) is 5.91 Å². The molecule has 162 valence electrons. The Bertz CT molecular complexity index is 1340. The first-order valence-corrected chi connectivity index (χ1v) is 10.6. The second-order valence-corrected chi connectivity index (χ2v) is 8.09. The Morgan fingerprint density at radius 1 is 0.848 bits per heavy atom. The van der Waals surface area contributed by atoms with Gasteiger partial charge in [-0.2, -0.15) is 0 Å². The molecule has 0 heterocycles. The van der Waals surface area contributed by atoms with E-state index in [1.54, 1.807) is 36.4 Å². The first kappa shape index (κ1) is 23.3. The molecule has 0 fully saturated rings. The SMILES string of the molecule is CC(=O)Nc1cc(C#Cc2ccccc2)c([N+](=O)[O-])cc1C#Cc1ccc(SC(C)=O)cc1. The van der Waals surface area contributed by atoms with Crippen molar-refractivity contribution in [3.63, 3.8) is 0 Å². The number of nitro benzene ring substituents is 1. The standard InChI is InChI=1S/C26H18N2O4S/c1-18(29)27-25-16-23(13-9-20-6-4-3-5-7-20)26(28(31)32)17-22(25)12-8-21-10-14-24(15-11-21)33-19(2)30/h3-7,10-11,14-17H,1-2H3,(H,27,29). The number of hydrogen-bond acceptors (Lipinski definition) is 5. The van der Waals surface area contributed by atoms with Crippen LogP contribution in [0.5, 0.6) is 0 Å². The predicted molar refractivity (Wildman–Crippen MR) is 129 cm³/mol. The lowest BCUT2D eigenvalue weighted by Crippen LogP contribution is -2.08. The van der Waals surface area contributed by atoms with Crippen molar-refractivity contribution in [1.29, 1.82) is 0 Å². The Balaban J connectivity index is 2.03. The van der Waals surface area contributed by atoms with Gasteiger partial charge in [0.25, 0.3) is 5.69 Å². The van der Waals surface area contributed by atoms with Gasteiger partial charge in [0.1, 0.15) is 5.56 Å². The van der Waals surface area contributed by atoms with Crippen molar-refractivity contribution < 1.29 is 14.5 Å². The van der Waals surface area contributed by atoms with E-state index >= 15 is 0 Å². The summed E-state index contributed by atoms with van der Waals surface area (Å²) >= 11 is 1.12. The average molecular weight is 455 g/mol. The summed E-state index contributed by atoms with van der Waals surface area (Å²) in [5.74, 6) is 11.2. The largest absolute Gasteiger partial charge is 0.325 e. The van der Waals surface area contributed by atoms with Gasteiger partial charge in [-0.1, -0.05) is 53.6 Å². The molecule has 0 aliphatic heterocycles. The summed E-state index contributed by atoms with van der Waals surface area (Å²) in [4.78, 5) is 34.9. The molecule has 3 rings (SSSR count). The second kappa shape index (κ2) is 10.8. The minimum atomic E-state index is -0.522. The Hall–Kier alpha value is -4.33. The summed E-state index contributed by atoms with van der Waals surface area (Å²) in [5, 5.41) is 14.3. The number of nitro groups is 1. The number of hydrogen-bond donors (Lipinski definition) is 1. The minimum absolute atomic E-state index is 0.0171. The van der Waals surface area contributed by atoms with E-state index in [1.807, 2.05) is 18.2 Å². The number of amides is 1. The van der Waals surface area contributed by atoms with Gasteiger partial charge in [0.05, 0.1) is 16.2 Å². The lowest BCUT2D eigenvalue weighted by Gasteiger charge is -2.07. The number of nitrogens with zero attached hydrogens (tertiary/aromatic N) is 1. The van der Waals surface area contributed by atoms with Crippen LogP contribution >= 0.6 is 11.8 Å². The molecule has 0 aromatic heterocycles. The van der Waals surface area contributed by atoms with E-state index < -0.39 is 4.92 Å². The maximum atomic E-state index is 11.7. The van der Waals surface area contributed by atoms with Gasteiger partial charge >= 0.3 is 0 Å². The van der Waals surface area contributed by atoms with Crippen molar-refractivity contribution >= 4 is 34.2 Å². The average Bonchev–Trinajstić information content (AvgIpc) is 2.77. The van der Waals surface area contributed by atoms with Crippen molar-refractivity contribution in [1.82, 2.24) is 0 Å². The van der Waals surface area contributed by atoms with Gasteiger partial charge in [-0.05, 0) is 42.5 Å². The van der Waals surface area contributed by atoms with E-state index in [2.05, 4.69) is 29.0 Å². The van der Waals surface area contributed by atoms with Gasteiger partial charge in [0, 0.05) is 35.9 Å². The van der Waals surface area contributed by atoms with Gasteiger partial charge in [-0.15, -0.1) is 0 Å². The van der Waals surface area contributed by atoms with Crippen LogP contribution in [-0.4, -0.2) is 15.9 Å². The quantitative estimate of drug-likeness (QED) is 0.261. The summed E-state index contributed by atoms with van der Waals surface area (Å²) < 4.78 is 0. The van der Waals surface area contributed by atoms with Crippen molar-refractivity contribution in [3.8, 4) is 23.7 Å². The molecular formula is C26H18N2O4S. The van der Waals surface area contributed by atoms with Gasteiger partial charge in [0.15, 0.2) is 5.12 Å². The molecule has 1 N–H and O–H groups in total. The molecule has 3 aromatic rings. The maximum Gasteiger partial charge on any atom is 0.286 e. The molecule has 0 aliphatic rings. The van der Waals surface area contributed by atoms with Crippen LogP contribution in [0.25, 0.3) is 0 Å². The third-order valence-corrected chi connectivity index (χ3v) is 5.01. The summed E-state index contributed by atoms with van der Waals surface area (Å²) in [6.07, 6.45) is 0. The van der Waals surface area contributed by atoms with Crippen LogP contribution in [0.1, 0.15) is 36.1 Å². The predicted octanol–water partition coefficient (Wildman–Crippen LogP) is 4.99. The fraction of sp³-hybridized carbons (Fsp3) is 0.0769. The zero-order chi connectivity index (χ0) is 23.8. The second-order valence-electron chi connectivity index (χ2n) is 6.84. The zero-order valence-corrected chi connectivity index (χ0v) is 18.7. The molecule has 1 amide bonds. The topological polar surface area (TPSA) is 89.3 Å². The molecule has 0 unspecified atom stereocenters. The van der Waals surface area contributed by atoms with Crippen LogP contribution in [0.4, 0.5) is 11.4 Å². The monoisotopic (exact) mass is 454 g/mol. The molecule has 0 radical (unpaired) electrons. The molecule has 6 nitrogen and oxygen atoms in total. The minimum Gasteiger partial charge on any atom is -0.325 e. The maximum absolute atomic E-state index is 11.7. The number of benzene rings is 3. The Labute approximate surface area is 195 Å². The van der Waals surface area contributed by atoms with Gasteiger partial charge in [-0.25, -0.2) is 0 Å². The summed E-state index contributed by atoms with van der Waals surface area (Å²) in [6, 6.07) is 18.9. The highest BCUT2D eigenvalue weighted by Crippen LogP contribution is 2.27. The smallest absolute Gasteiger partial charge is 0.286 e.